The average Bonchev–Trinajstić information content (AvgIpc) is 2.76. The smallest absolute Gasteiger partial charge is 0.220 e. The van der Waals surface area contributed by atoms with Gasteiger partial charge in [0, 0.05) is 25.5 Å². The maximum Gasteiger partial charge on any atom is 0.220 e. The van der Waals surface area contributed by atoms with E-state index in [2.05, 4.69) is 21.9 Å². The summed E-state index contributed by atoms with van der Waals surface area (Å²) < 4.78 is 27.6. The Kier molecular flexibility index (Phi) is 5.03. The van der Waals surface area contributed by atoms with E-state index in [0.29, 0.717) is 19.5 Å². The van der Waals surface area contributed by atoms with E-state index in [1.807, 2.05) is 10.8 Å². The van der Waals surface area contributed by atoms with Crippen molar-refractivity contribution in [3.63, 3.8) is 0 Å². The van der Waals surface area contributed by atoms with E-state index in [1.165, 1.54) is 6.92 Å². The predicted molar refractivity (Wildman–Crippen MR) is 70.0 cm³/mol. The molecule has 0 aliphatic rings. The lowest BCUT2D eigenvalue weighted by Crippen LogP contribution is -2.40. The van der Waals surface area contributed by atoms with Gasteiger partial charge in [0.05, 0.1) is 11.3 Å². The van der Waals surface area contributed by atoms with E-state index in [4.69, 9.17) is 5.73 Å². The maximum atomic E-state index is 11.6. The first-order chi connectivity index (χ1) is 7.93. The van der Waals surface area contributed by atoms with E-state index in [9.17, 15) is 8.42 Å². The summed E-state index contributed by atoms with van der Waals surface area (Å²) in [6.45, 7) is 2.54. The van der Waals surface area contributed by atoms with Crippen molar-refractivity contribution in [2.45, 2.75) is 25.1 Å². The van der Waals surface area contributed by atoms with Crippen molar-refractivity contribution in [2.75, 3.05) is 6.54 Å². The van der Waals surface area contributed by atoms with Crippen LogP contribution in [0, 0.1) is 0 Å². The van der Waals surface area contributed by atoms with Crippen molar-refractivity contribution in [3.8, 4) is 0 Å². The number of sulfonamides is 1. The van der Waals surface area contributed by atoms with Gasteiger partial charge in [-0.3, -0.25) is 0 Å². The van der Waals surface area contributed by atoms with Crippen molar-refractivity contribution in [3.05, 3.63) is 18.7 Å². The summed E-state index contributed by atoms with van der Waals surface area (Å²) in [6.07, 6.45) is 5.87. The summed E-state index contributed by atoms with van der Waals surface area (Å²) in [7, 11) is -3.44. The summed E-state index contributed by atoms with van der Waals surface area (Å²) in [5.41, 5.74) is 5.30. The highest BCUT2D eigenvalue weighted by atomic mass is 32.2. The van der Waals surface area contributed by atoms with Crippen LogP contribution >= 0.6 is 12.2 Å². The summed E-state index contributed by atoms with van der Waals surface area (Å²) in [4.78, 5) is 3.87. The first-order valence-corrected chi connectivity index (χ1v) is 7.12. The zero-order valence-corrected chi connectivity index (χ0v) is 11.2. The number of hydrogen-bond acceptors (Lipinski definition) is 4. The van der Waals surface area contributed by atoms with Crippen molar-refractivity contribution in [1.82, 2.24) is 14.3 Å². The monoisotopic (exact) mass is 276 g/mol. The van der Waals surface area contributed by atoms with E-state index < -0.39 is 15.3 Å². The van der Waals surface area contributed by atoms with Gasteiger partial charge in [-0.15, -0.1) is 0 Å². The fraction of sp³-hybridized carbons (Fsp3) is 0.556. The van der Waals surface area contributed by atoms with Crippen LogP contribution in [0.3, 0.4) is 0 Å². The van der Waals surface area contributed by atoms with Gasteiger partial charge in [0.1, 0.15) is 5.25 Å². The molecule has 0 radical (unpaired) electrons. The number of aryl methyl sites for hydroxylation is 1. The van der Waals surface area contributed by atoms with Gasteiger partial charge in [0.15, 0.2) is 0 Å². The predicted octanol–water partition coefficient (Wildman–Crippen LogP) is -0.133. The molecule has 0 saturated carbocycles. The van der Waals surface area contributed by atoms with Crippen LogP contribution in [0.2, 0.25) is 0 Å². The number of imidazole rings is 1. The number of aromatic nitrogens is 2. The zero-order valence-electron chi connectivity index (χ0n) is 9.54. The lowest BCUT2D eigenvalue weighted by molar-refractivity contribution is 0.567. The van der Waals surface area contributed by atoms with E-state index in [-0.39, 0.29) is 4.99 Å². The molecule has 1 unspecified atom stereocenters. The molecule has 0 aliphatic heterocycles. The molecule has 0 aliphatic carbocycles. The molecular formula is C9H16N4O2S2. The quantitative estimate of drug-likeness (QED) is 0.535. The normalized spacial score (nSPS) is 13.5. The largest absolute Gasteiger partial charge is 0.392 e. The third-order valence-corrected chi connectivity index (χ3v) is 4.62. The lowest BCUT2D eigenvalue weighted by atomic mass is 10.4. The zero-order chi connectivity index (χ0) is 12.9. The molecule has 0 saturated heterocycles. The molecule has 0 amide bonds. The van der Waals surface area contributed by atoms with Crippen LogP contribution in [0.4, 0.5) is 0 Å². The molecule has 8 heteroatoms. The highest BCUT2D eigenvalue weighted by Gasteiger charge is 2.22. The Bertz CT molecular complexity index is 455. The van der Waals surface area contributed by atoms with Crippen LogP contribution in [0.15, 0.2) is 18.7 Å². The van der Waals surface area contributed by atoms with Crippen molar-refractivity contribution >= 4 is 27.2 Å². The Morgan fingerprint density at radius 3 is 2.88 bits per heavy atom. The van der Waals surface area contributed by atoms with Crippen molar-refractivity contribution < 1.29 is 8.42 Å². The second-order valence-corrected chi connectivity index (χ2v) is 6.20. The van der Waals surface area contributed by atoms with E-state index in [1.54, 1.807) is 12.5 Å². The average molecular weight is 276 g/mol. The Morgan fingerprint density at radius 2 is 2.35 bits per heavy atom. The second kappa shape index (κ2) is 6.08. The summed E-state index contributed by atoms with van der Waals surface area (Å²) in [6, 6.07) is 0. The lowest BCUT2D eigenvalue weighted by Gasteiger charge is -2.12. The minimum atomic E-state index is -3.44. The molecule has 0 fully saturated rings. The molecule has 17 heavy (non-hydrogen) atoms. The first-order valence-electron chi connectivity index (χ1n) is 5.17. The van der Waals surface area contributed by atoms with Crippen LogP contribution in [0.5, 0.6) is 0 Å². The van der Waals surface area contributed by atoms with E-state index in [0.717, 1.165) is 0 Å². The number of hydrogen-bond donors (Lipinski definition) is 2. The SMILES string of the molecule is CC(C(N)=S)S(=O)(=O)NCCCn1ccnc1. The number of nitrogens with zero attached hydrogens (tertiary/aromatic N) is 2. The molecule has 1 heterocycles. The van der Waals surface area contributed by atoms with Gasteiger partial charge in [-0.25, -0.2) is 18.1 Å². The fourth-order valence-electron chi connectivity index (χ4n) is 1.17. The fourth-order valence-corrected chi connectivity index (χ4v) is 2.54. The van der Waals surface area contributed by atoms with Crippen molar-refractivity contribution in [2.24, 2.45) is 5.73 Å². The van der Waals surface area contributed by atoms with Gasteiger partial charge < -0.3 is 10.3 Å². The molecule has 3 N–H and O–H groups in total. The van der Waals surface area contributed by atoms with Crippen LogP contribution in [0.1, 0.15) is 13.3 Å². The van der Waals surface area contributed by atoms with Crippen LogP contribution in [0.25, 0.3) is 0 Å². The van der Waals surface area contributed by atoms with Gasteiger partial charge in [-0.1, -0.05) is 12.2 Å². The third kappa shape index (κ3) is 4.41. The Labute approximate surface area is 106 Å². The molecule has 1 atom stereocenters. The van der Waals surface area contributed by atoms with Crippen molar-refractivity contribution in [1.29, 1.82) is 0 Å². The molecule has 1 aromatic rings. The Morgan fingerprint density at radius 1 is 1.65 bits per heavy atom. The summed E-state index contributed by atoms with van der Waals surface area (Å²) >= 11 is 4.66. The number of nitrogens with one attached hydrogen (secondary N) is 1. The third-order valence-electron chi connectivity index (χ3n) is 2.32. The summed E-state index contributed by atoms with van der Waals surface area (Å²) in [5.74, 6) is 0. The molecule has 6 nitrogen and oxygen atoms in total. The van der Waals surface area contributed by atoms with Gasteiger partial charge in [0.25, 0.3) is 0 Å². The number of thiocarbonyl (C=S) groups is 1. The van der Waals surface area contributed by atoms with Gasteiger partial charge in [-0.2, -0.15) is 0 Å². The maximum absolute atomic E-state index is 11.6. The second-order valence-electron chi connectivity index (χ2n) is 3.64. The molecule has 0 spiro atoms. The molecule has 96 valence electrons. The molecule has 1 aromatic heterocycles. The van der Waals surface area contributed by atoms with Crippen LogP contribution in [-0.4, -0.2) is 34.8 Å². The molecular weight excluding hydrogens is 260 g/mol. The number of rotatable bonds is 7. The molecule has 0 aromatic carbocycles. The highest BCUT2D eigenvalue weighted by Crippen LogP contribution is 1.99. The van der Waals surface area contributed by atoms with Gasteiger partial charge >= 0.3 is 0 Å². The first kappa shape index (κ1) is 14.1. The van der Waals surface area contributed by atoms with Gasteiger partial charge in [-0.05, 0) is 13.3 Å². The number of nitrogens with two attached hydrogens (primary N) is 1. The molecule has 0 bridgehead atoms. The Balaban J connectivity index is 2.33. The minimum Gasteiger partial charge on any atom is -0.392 e. The standard InChI is InChI=1S/C9H16N4O2S2/c1-8(9(10)16)17(14,15)12-3-2-5-13-6-4-11-7-13/h4,6-8,12H,2-3,5H2,1H3,(H2,10,16). The highest BCUT2D eigenvalue weighted by molar-refractivity contribution is 7.93. The minimum absolute atomic E-state index is 0.0212. The van der Waals surface area contributed by atoms with Gasteiger partial charge in [0.2, 0.25) is 10.0 Å². The Hall–Kier alpha value is -0.990. The van der Waals surface area contributed by atoms with Crippen LogP contribution < -0.4 is 10.5 Å². The van der Waals surface area contributed by atoms with Crippen LogP contribution in [-0.2, 0) is 16.6 Å². The topological polar surface area (TPSA) is 90.0 Å². The summed E-state index contributed by atoms with van der Waals surface area (Å²) in [5, 5.41) is -0.842. The van der Waals surface area contributed by atoms with E-state index >= 15 is 0 Å². The molecule has 1 rings (SSSR count).